The Labute approximate surface area is 122 Å². The fourth-order valence-electron chi connectivity index (χ4n) is 2.66. The molecule has 0 N–H and O–H groups in total. The van der Waals surface area contributed by atoms with Crippen molar-refractivity contribution in [2.75, 3.05) is 0 Å². The third-order valence-electron chi connectivity index (χ3n) is 3.52. The van der Waals surface area contributed by atoms with E-state index < -0.39 is 0 Å². The largest absolute Gasteiger partial charge is 0.139 e. The highest BCUT2D eigenvalue weighted by molar-refractivity contribution is 7.28. The molecular weight excluding hydrogens is 268 g/mol. The Kier molecular flexibility index (Phi) is 3.23. The number of aryl methyl sites for hydroxylation is 2. The van der Waals surface area contributed by atoms with Gasteiger partial charge in [-0.25, -0.2) is 0 Å². The van der Waals surface area contributed by atoms with Crippen molar-refractivity contribution < 1.29 is 0 Å². The molecule has 0 radical (unpaired) electrons. The molecule has 1 aromatic carbocycles. The second kappa shape index (κ2) is 4.77. The van der Waals surface area contributed by atoms with E-state index in [1.165, 1.54) is 35.8 Å². The maximum Gasteiger partial charge on any atom is 0.0534 e. The first-order valence-electron chi connectivity index (χ1n) is 6.66. The average molecular weight is 286 g/mol. The van der Waals surface area contributed by atoms with E-state index in [0.29, 0.717) is 5.92 Å². The van der Waals surface area contributed by atoms with Gasteiger partial charge >= 0.3 is 0 Å². The van der Waals surface area contributed by atoms with Crippen LogP contribution in [0.4, 0.5) is 0 Å². The summed E-state index contributed by atoms with van der Waals surface area (Å²) in [5.74, 6) is 0.562. The summed E-state index contributed by atoms with van der Waals surface area (Å²) >= 11 is 3.85. The van der Waals surface area contributed by atoms with E-state index in [4.69, 9.17) is 0 Å². The van der Waals surface area contributed by atoms with Crippen molar-refractivity contribution >= 4 is 32.1 Å². The van der Waals surface area contributed by atoms with Crippen LogP contribution < -0.4 is 0 Å². The lowest BCUT2D eigenvalue weighted by atomic mass is 9.93. The average Bonchev–Trinajstić information content (AvgIpc) is 2.83. The monoisotopic (exact) mass is 286 g/mol. The fraction of sp³-hybridized carbons (Fsp3) is 0.294. The maximum atomic E-state index is 2.32. The van der Waals surface area contributed by atoms with Crippen LogP contribution in [0, 0.1) is 13.8 Å². The van der Waals surface area contributed by atoms with Crippen LogP contribution in [0.25, 0.3) is 20.5 Å². The molecule has 0 nitrogen and oxygen atoms in total. The predicted molar refractivity (Wildman–Crippen MR) is 88.7 cm³/mol. The van der Waals surface area contributed by atoms with Gasteiger partial charge in [0.05, 0.1) is 4.70 Å². The lowest BCUT2D eigenvalue weighted by Crippen LogP contribution is -1.91. The number of benzene rings is 1. The van der Waals surface area contributed by atoms with Crippen LogP contribution in [0.15, 0.2) is 30.3 Å². The molecule has 3 aromatic rings. The summed E-state index contributed by atoms with van der Waals surface area (Å²) < 4.78 is 2.90. The van der Waals surface area contributed by atoms with E-state index in [9.17, 15) is 0 Å². The van der Waals surface area contributed by atoms with Crippen LogP contribution in [0.3, 0.4) is 0 Å². The molecule has 0 amide bonds. The zero-order valence-electron chi connectivity index (χ0n) is 11.8. The van der Waals surface area contributed by atoms with Gasteiger partial charge in [0.25, 0.3) is 0 Å². The highest BCUT2D eigenvalue weighted by atomic mass is 32.1. The molecule has 2 aromatic heterocycles. The molecule has 0 atom stereocenters. The molecule has 0 aliphatic rings. The first kappa shape index (κ1) is 12.9. The summed E-state index contributed by atoms with van der Waals surface area (Å²) in [6.45, 7) is 9.00. The quantitative estimate of drug-likeness (QED) is 0.513. The van der Waals surface area contributed by atoms with Crippen molar-refractivity contribution in [3.05, 3.63) is 45.6 Å². The van der Waals surface area contributed by atoms with Crippen molar-refractivity contribution in [2.45, 2.75) is 33.6 Å². The van der Waals surface area contributed by atoms with Crippen LogP contribution in [0.1, 0.15) is 35.1 Å². The molecule has 0 saturated heterocycles. The van der Waals surface area contributed by atoms with Crippen LogP contribution >= 0.6 is 22.7 Å². The zero-order valence-corrected chi connectivity index (χ0v) is 13.4. The van der Waals surface area contributed by atoms with Gasteiger partial charge < -0.3 is 0 Å². The number of fused-ring (bicyclic) bond motifs is 1. The summed E-state index contributed by atoms with van der Waals surface area (Å²) in [4.78, 5) is 2.85. The van der Waals surface area contributed by atoms with Crippen LogP contribution in [0.5, 0.6) is 0 Å². The predicted octanol–water partition coefficient (Wildman–Crippen LogP) is 6.37. The summed E-state index contributed by atoms with van der Waals surface area (Å²) in [6, 6.07) is 11.2. The molecule has 0 bridgehead atoms. The van der Waals surface area contributed by atoms with E-state index in [1.807, 2.05) is 22.7 Å². The molecule has 0 unspecified atom stereocenters. The van der Waals surface area contributed by atoms with Crippen molar-refractivity contribution in [1.82, 2.24) is 0 Å². The number of hydrogen-bond donors (Lipinski definition) is 0. The van der Waals surface area contributed by atoms with Crippen molar-refractivity contribution in [1.29, 1.82) is 0 Å². The second-order valence-electron chi connectivity index (χ2n) is 5.33. The molecule has 19 heavy (non-hydrogen) atoms. The highest BCUT2D eigenvalue weighted by Crippen LogP contribution is 2.44. The normalized spacial score (nSPS) is 11.6. The van der Waals surface area contributed by atoms with Gasteiger partial charge in [0.15, 0.2) is 0 Å². The first-order valence-corrected chi connectivity index (χ1v) is 8.30. The molecular formula is C17H18S2. The lowest BCUT2D eigenvalue weighted by Gasteiger charge is -2.12. The molecule has 0 aliphatic carbocycles. The summed E-state index contributed by atoms with van der Waals surface area (Å²) in [5.41, 5.74) is 4.34. The maximum absolute atomic E-state index is 2.32. The van der Waals surface area contributed by atoms with Crippen LogP contribution in [-0.4, -0.2) is 0 Å². The van der Waals surface area contributed by atoms with Gasteiger partial charge in [-0.1, -0.05) is 38.1 Å². The highest BCUT2D eigenvalue weighted by Gasteiger charge is 2.17. The number of hydrogen-bond acceptors (Lipinski definition) is 2. The third kappa shape index (κ3) is 2.13. The van der Waals surface area contributed by atoms with E-state index in [2.05, 4.69) is 58.0 Å². The van der Waals surface area contributed by atoms with Crippen molar-refractivity contribution in [3.8, 4) is 11.1 Å². The second-order valence-corrected chi connectivity index (χ2v) is 7.84. The number of rotatable bonds is 2. The molecule has 0 saturated carbocycles. The summed E-state index contributed by atoms with van der Waals surface area (Å²) in [7, 11) is 0. The van der Waals surface area contributed by atoms with Crippen molar-refractivity contribution in [2.24, 2.45) is 0 Å². The van der Waals surface area contributed by atoms with Gasteiger partial charge in [-0.15, -0.1) is 22.7 Å². The molecule has 0 fully saturated rings. The Morgan fingerprint density at radius 1 is 1.00 bits per heavy atom. The summed E-state index contributed by atoms with van der Waals surface area (Å²) in [5, 5.41) is 0. The van der Waals surface area contributed by atoms with Crippen LogP contribution in [-0.2, 0) is 0 Å². The fourth-order valence-corrected chi connectivity index (χ4v) is 5.14. The van der Waals surface area contributed by atoms with Gasteiger partial charge in [-0.2, -0.15) is 0 Å². The topological polar surface area (TPSA) is 0 Å². The van der Waals surface area contributed by atoms with E-state index >= 15 is 0 Å². The van der Waals surface area contributed by atoms with Gasteiger partial charge in [0.2, 0.25) is 0 Å². The summed E-state index contributed by atoms with van der Waals surface area (Å²) in [6.07, 6.45) is 0. The standard InChI is InChI=1S/C17H18S2/c1-10(2)13-7-5-6-8-14(13)16-12(4)19-15-9-11(3)18-17(15)16/h5-10H,1-4H3. The van der Waals surface area contributed by atoms with Gasteiger partial charge in [0.1, 0.15) is 0 Å². The van der Waals surface area contributed by atoms with E-state index in [0.717, 1.165) is 0 Å². The molecule has 98 valence electrons. The minimum Gasteiger partial charge on any atom is -0.139 e. The Morgan fingerprint density at radius 3 is 2.47 bits per heavy atom. The Balaban J connectivity index is 2.32. The van der Waals surface area contributed by atoms with Gasteiger partial charge in [-0.3, -0.25) is 0 Å². The SMILES string of the molecule is Cc1cc2sc(C)c(-c3ccccc3C(C)C)c2s1. The Hall–Kier alpha value is -1.12. The van der Waals surface area contributed by atoms with E-state index in [1.54, 1.807) is 0 Å². The molecule has 3 rings (SSSR count). The van der Waals surface area contributed by atoms with Gasteiger partial charge in [-0.05, 0) is 37.0 Å². The molecule has 2 heteroatoms. The van der Waals surface area contributed by atoms with Crippen molar-refractivity contribution in [3.63, 3.8) is 0 Å². The molecule has 2 heterocycles. The lowest BCUT2D eigenvalue weighted by molar-refractivity contribution is 0.869. The smallest absolute Gasteiger partial charge is 0.0534 e. The Morgan fingerprint density at radius 2 is 1.74 bits per heavy atom. The Bertz CT molecular complexity index is 729. The zero-order chi connectivity index (χ0) is 13.6. The van der Waals surface area contributed by atoms with Gasteiger partial charge in [0, 0.05) is 20.0 Å². The minimum atomic E-state index is 0.562. The minimum absolute atomic E-state index is 0.562. The third-order valence-corrected chi connectivity index (χ3v) is 5.76. The molecule has 0 aliphatic heterocycles. The first-order chi connectivity index (χ1) is 9.08. The molecule has 0 spiro atoms. The number of thiophene rings is 2. The van der Waals surface area contributed by atoms with E-state index in [-0.39, 0.29) is 0 Å². The van der Waals surface area contributed by atoms with Crippen LogP contribution in [0.2, 0.25) is 0 Å².